The number of rotatable bonds is 1. The summed E-state index contributed by atoms with van der Waals surface area (Å²) in [7, 11) is 0. The van der Waals surface area contributed by atoms with Crippen LogP contribution in [0.3, 0.4) is 0 Å². The molecule has 2 N–H and O–H groups in total. The fourth-order valence-corrected chi connectivity index (χ4v) is 0.705. The van der Waals surface area contributed by atoms with Crippen LogP contribution in [0.5, 0.6) is 5.75 Å². The molecule has 0 spiro atoms. The summed E-state index contributed by atoms with van der Waals surface area (Å²) in [4.78, 5) is 10.7. The molecule has 0 heterocycles. The molecule has 0 radical (unpaired) electrons. The van der Waals surface area contributed by atoms with Gasteiger partial charge in [-0.2, -0.15) is 0 Å². The van der Waals surface area contributed by atoms with Gasteiger partial charge in [0.25, 0.3) is 5.75 Å². The van der Waals surface area contributed by atoms with E-state index in [-0.39, 0.29) is 5.78 Å². The number of benzene rings is 1. The van der Waals surface area contributed by atoms with Crippen LogP contribution in [-0.2, 0) is 0 Å². The maximum atomic E-state index is 10.7. The minimum atomic E-state index is 0.0417. The van der Waals surface area contributed by atoms with Crippen LogP contribution in [0.25, 0.3) is 0 Å². The Balaban J connectivity index is 3.00. The lowest BCUT2D eigenvalue weighted by Crippen LogP contribution is -1.89. The van der Waals surface area contributed by atoms with E-state index in [4.69, 9.17) is 5.11 Å². The Morgan fingerprint density at radius 3 is 2.20 bits per heavy atom. The Hall–Kier alpha value is -1.31. The normalized spacial score (nSPS) is 9.30. The van der Waals surface area contributed by atoms with Crippen molar-refractivity contribution in [3.8, 4) is 5.75 Å². The van der Waals surface area contributed by atoms with Crippen LogP contribution >= 0.6 is 0 Å². The standard InChI is InChI=1S/C8H8O2/c1-6(9)7-2-4-8(10)5-3-7/h2-5,10H,1H3/p+1. The van der Waals surface area contributed by atoms with Crippen molar-refractivity contribution in [2.45, 2.75) is 6.92 Å². The van der Waals surface area contributed by atoms with E-state index >= 15 is 0 Å². The van der Waals surface area contributed by atoms with Crippen LogP contribution in [0.4, 0.5) is 0 Å². The number of hydrogen-bond donors (Lipinski definition) is 0. The molecule has 0 aromatic heterocycles. The summed E-state index contributed by atoms with van der Waals surface area (Å²) in [6.45, 7) is 1.51. The van der Waals surface area contributed by atoms with Gasteiger partial charge in [-0.05, 0) is 19.1 Å². The van der Waals surface area contributed by atoms with Crippen LogP contribution in [0.15, 0.2) is 24.3 Å². The molecule has 10 heavy (non-hydrogen) atoms. The predicted octanol–water partition coefficient (Wildman–Crippen LogP) is 1.33. The second kappa shape index (κ2) is 2.52. The highest BCUT2D eigenvalue weighted by atomic mass is 16.3. The van der Waals surface area contributed by atoms with Crippen molar-refractivity contribution in [3.05, 3.63) is 29.8 Å². The lowest BCUT2D eigenvalue weighted by Gasteiger charge is -1.91. The zero-order chi connectivity index (χ0) is 7.56. The van der Waals surface area contributed by atoms with Crippen molar-refractivity contribution in [3.63, 3.8) is 0 Å². The molecular weight excluding hydrogens is 128 g/mol. The van der Waals surface area contributed by atoms with Gasteiger partial charge in [-0.3, -0.25) is 4.79 Å². The first-order chi connectivity index (χ1) is 4.70. The molecule has 0 saturated carbocycles. The molecule has 52 valence electrons. The van der Waals surface area contributed by atoms with E-state index in [1.54, 1.807) is 24.3 Å². The first-order valence-corrected chi connectivity index (χ1v) is 3.03. The zero-order valence-corrected chi connectivity index (χ0v) is 5.72. The summed E-state index contributed by atoms with van der Waals surface area (Å²) in [5.74, 6) is 0.477. The van der Waals surface area contributed by atoms with E-state index in [2.05, 4.69) is 0 Å². The molecule has 2 heteroatoms. The van der Waals surface area contributed by atoms with Crippen molar-refractivity contribution < 1.29 is 9.90 Å². The van der Waals surface area contributed by atoms with Gasteiger partial charge in [-0.25, -0.2) is 0 Å². The van der Waals surface area contributed by atoms with E-state index in [1.807, 2.05) is 0 Å². The summed E-state index contributed by atoms with van der Waals surface area (Å²) in [5.41, 5.74) is 0.663. The van der Waals surface area contributed by atoms with Crippen LogP contribution in [0.2, 0.25) is 0 Å². The summed E-state index contributed by atoms with van der Waals surface area (Å²) in [5, 5.41) is 7.12. The average molecular weight is 137 g/mol. The Bertz CT molecular complexity index is 236. The Morgan fingerprint density at radius 2 is 1.80 bits per heavy atom. The van der Waals surface area contributed by atoms with Gasteiger partial charge in [0.15, 0.2) is 5.78 Å². The highest BCUT2D eigenvalue weighted by molar-refractivity contribution is 5.94. The molecule has 0 atom stereocenters. The number of ketones is 1. The van der Waals surface area contributed by atoms with Crippen LogP contribution in [0.1, 0.15) is 17.3 Å². The molecule has 2 nitrogen and oxygen atoms in total. The lowest BCUT2D eigenvalue weighted by atomic mass is 10.1. The van der Waals surface area contributed by atoms with Crippen molar-refractivity contribution in [1.82, 2.24) is 0 Å². The molecular formula is C8H9O2+. The van der Waals surface area contributed by atoms with Crippen LogP contribution in [-0.4, -0.2) is 10.9 Å². The third kappa shape index (κ3) is 1.35. The van der Waals surface area contributed by atoms with E-state index in [9.17, 15) is 4.79 Å². The maximum absolute atomic E-state index is 10.7. The minimum absolute atomic E-state index is 0.0417. The topological polar surface area (TPSA) is 40.0 Å². The first kappa shape index (κ1) is 6.81. The molecule has 0 aliphatic heterocycles. The monoisotopic (exact) mass is 137 g/mol. The zero-order valence-electron chi connectivity index (χ0n) is 5.72. The van der Waals surface area contributed by atoms with Gasteiger partial charge < -0.3 is 5.11 Å². The van der Waals surface area contributed by atoms with Crippen molar-refractivity contribution >= 4 is 5.78 Å². The minimum Gasteiger partial charge on any atom is -0.593 e. The molecule has 0 aliphatic carbocycles. The molecule has 0 bridgehead atoms. The molecule has 0 unspecified atom stereocenters. The third-order valence-electron chi connectivity index (χ3n) is 1.29. The van der Waals surface area contributed by atoms with Crippen molar-refractivity contribution in [2.24, 2.45) is 0 Å². The molecule has 1 rings (SSSR count). The van der Waals surface area contributed by atoms with Crippen molar-refractivity contribution in [1.29, 1.82) is 0 Å². The number of carbonyl (C=O) groups excluding carboxylic acids is 1. The van der Waals surface area contributed by atoms with Crippen LogP contribution < -0.4 is 0 Å². The second-order valence-corrected chi connectivity index (χ2v) is 2.13. The Labute approximate surface area is 59.1 Å². The first-order valence-electron chi connectivity index (χ1n) is 3.03. The van der Waals surface area contributed by atoms with Gasteiger partial charge in [-0.15, -0.1) is 0 Å². The summed E-state index contributed by atoms with van der Waals surface area (Å²) < 4.78 is 0. The number of Topliss-reactive ketones (excluding diaryl/α,β-unsaturated/α-hetero) is 1. The fraction of sp³-hybridized carbons (Fsp3) is 0.125. The lowest BCUT2D eigenvalue weighted by molar-refractivity contribution is 0.101. The molecule has 0 aliphatic rings. The van der Waals surface area contributed by atoms with Gasteiger partial charge >= 0.3 is 0 Å². The van der Waals surface area contributed by atoms with E-state index < -0.39 is 0 Å². The maximum Gasteiger partial charge on any atom is 0.253 e. The summed E-state index contributed by atoms with van der Waals surface area (Å²) in [6.07, 6.45) is 0. The van der Waals surface area contributed by atoms with E-state index in [0.29, 0.717) is 11.3 Å². The molecule has 1 aromatic carbocycles. The Morgan fingerprint density at radius 1 is 1.30 bits per heavy atom. The van der Waals surface area contributed by atoms with Gasteiger partial charge in [0.05, 0.1) is 0 Å². The smallest absolute Gasteiger partial charge is 0.253 e. The third-order valence-corrected chi connectivity index (χ3v) is 1.29. The number of hydrogen-bond acceptors (Lipinski definition) is 1. The SMILES string of the molecule is CC(=O)c1ccc([OH2+])cc1. The van der Waals surface area contributed by atoms with Gasteiger partial charge in [0.1, 0.15) is 0 Å². The van der Waals surface area contributed by atoms with Gasteiger partial charge in [0, 0.05) is 17.7 Å². The second-order valence-electron chi connectivity index (χ2n) is 2.13. The van der Waals surface area contributed by atoms with Crippen molar-refractivity contribution in [2.75, 3.05) is 0 Å². The van der Waals surface area contributed by atoms with Gasteiger partial charge in [-0.1, -0.05) is 0 Å². The highest BCUT2D eigenvalue weighted by Gasteiger charge is 1.98. The summed E-state index contributed by atoms with van der Waals surface area (Å²) in [6, 6.07) is 6.53. The molecule has 1 aromatic rings. The Kier molecular flexibility index (Phi) is 1.71. The quantitative estimate of drug-likeness (QED) is 0.425. The number of carbonyl (C=O) groups is 1. The van der Waals surface area contributed by atoms with Gasteiger partial charge in [0.2, 0.25) is 0 Å². The largest absolute Gasteiger partial charge is 0.593 e. The average Bonchev–Trinajstić information content (AvgIpc) is 1.88. The summed E-state index contributed by atoms with van der Waals surface area (Å²) >= 11 is 0. The molecule has 0 fully saturated rings. The highest BCUT2D eigenvalue weighted by Crippen LogP contribution is 2.09. The molecule has 0 saturated heterocycles. The fourth-order valence-electron chi connectivity index (χ4n) is 0.705. The molecule has 0 amide bonds. The predicted molar refractivity (Wildman–Crippen MR) is 39.5 cm³/mol. The van der Waals surface area contributed by atoms with E-state index in [0.717, 1.165) is 0 Å². The van der Waals surface area contributed by atoms with E-state index in [1.165, 1.54) is 6.92 Å². The van der Waals surface area contributed by atoms with Crippen LogP contribution in [0, 0.1) is 0 Å².